The molecule has 0 saturated carbocycles. The maximum atomic E-state index is 11.9. The van der Waals surface area contributed by atoms with Crippen LogP contribution in [0.1, 0.15) is 15.9 Å². The Kier molecular flexibility index (Phi) is 5.16. The van der Waals surface area contributed by atoms with Gasteiger partial charge in [-0.3, -0.25) is 4.79 Å². The van der Waals surface area contributed by atoms with E-state index in [-0.39, 0.29) is 5.91 Å². The molecule has 0 spiro atoms. The molecule has 0 aliphatic rings. The molecule has 6 heteroatoms. The fourth-order valence-corrected chi connectivity index (χ4v) is 2.65. The van der Waals surface area contributed by atoms with E-state index in [4.69, 9.17) is 5.73 Å². The second-order valence-corrected chi connectivity index (χ2v) is 5.75. The number of para-hydroxylation sites is 1. The van der Waals surface area contributed by atoms with Gasteiger partial charge in [0.2, 0.25) is 0 Å². The van der Waals surface area contributed by atoms with E-state index < -0.39 is 0 Å². The van der Waals surface area contributed by atoms with E-state index in [0.29, 0.717) is 11.3 Å². The number of anilines is 2. The quantitative estimate of drug-likeness (QED) is 0.500. The summed E-state index contributed by atoms with van der Waals surface area (Å²) < 4.78 is 0.958. The Morgan fingerprint density at radius 3 is 2.64 bits per heavy atom. The SMILES string of the molecule is CN(C)c1ccc(/C=N\NC(=O)c2ccccc2N)cc1Br. The first-order chi connectivity index (χ1) is 10.5. The van der Waals surface area contributed by atoms with Crippen LogP contribution in [-0.4, -0.2) is 26.2 Å². The smallest absolute Gasteiger partial charge is 0.273 e. The standard InChI is InChI=1S/C16H17BrN4O/c1-21(2)15-8-7-11(9-13(15)17)10-19-20-16(22)12-5-3-4-6-14(12)18/h3-10H,18H2,1-2H3,(H,20,22)/b19-10-. The summed E-state index contributed by atoms with van der Waals surface area (Å²) in [5.74, 6) is -0.335. The molecule has 0 bridgehead atoms. The predicted molar refractivity (Wildman–Crippen MR) is 94.4 cm³/mol. The third-order valence-electron chi connectivity index (χ3n) is 3.04. The predicted octanol–water partition coefficient (Wildman–Crippen LogP) is 2.86. The van der Waals surface area contributed by atoms with E-state index in [0.717, 1.165) is 15.7 Å². The third kappa shape index (κ3) is 3.85. The monoisotopic (exact) mass is 360 g/mol. The number of hydrogen-bond acceptors (Lipinski definition) is 4. The zero-order valence-electron chi connectivity index (χ0n) is 12.4. The molecular weight excluding hydrogens is 344 g/mol. The Balaban J connectivity index is 2.05. The van der Waals surface area contributed by atoms with Gasteiger partial charge >= 0.3 is 0 Å². The van der Waals surface area contributed by atoms with Gasteiger partial charge in [0.15, 0.2) is 0 Å². The molecule has 0 saturated heterocycles. The molecule has 114 valence electrons. The number of carbonyl (C=O) groups is 1. The van der Waals surface area contributed by atoms with Crippen molar-refractivity contribution >= 4 is 39.4 Å². The van der Waals surface area contributed by atoms with Crippen molar-refractivity contribution in [3.05, 3.63) is 58.1 Å². The molecule has 22 heavy (non-hydrogen) atoms. The van der Waals surface area contributed by atoms with Crippen LogP contribution in [-0.2, 0) is 0 Å². The Bertz CT molecular complexity index is 713. The van der Waals surface area contributed by atoms with Crippen LogP contribution in [0.25, 0.3) is 0 Å². The number of nitrogens with two attached hydrogens (primary N) is 1. The van der Waals surface area contributed by atoms with E-state index in [1.165, 1.54) is 0 Å². The second kappa shape index (κ2) is 7.09. The van der Waals surface area contributed by atoms with E-state index in [1.54, 1.807) is 30.5 Å². The highest BCUT2D eigenvalue weighted by Gasteiger charge is 2.07. The van der Waals surface area contributed by atoms with Gasteiger partial charge in [-0.15, -0.1) is 0 Å². The molecule has 2 aromatic carbocycles. The summed E-state index contributed by atoms with van der Waals surface area (Å²) in [5.41, 5.74) is 11.0. The summed E-state index contributed by atoms with van der Waals surface area (Å²) in [4.78, 5) is 14.0. The number of nitrogens with zero attached hydrogens (tertiary/aromatic N) is 2. The van der Waals surface area contributed by atoms with Crippen molar-refractivity contribution in [2.75, 3.05) is 24.7 Å². The van der Waals surface area contributed by atoms with Crippen molar-refractivity contribution in [2.24, 2.45) is 5.10 Å². The van der Waals surface area contributed by atoms with Crippen LogP contribution >= 0.6 is 15.9 Å². The van der Waals surface area contributed by atoms with Gasteiger partial charge in [0.1, 0.15) is 0 Å². The van der Waals surface area contributed by atoms with Gasteiger partial charge in [0.25, 0.3) is 5.91 Å². The largest absolute Gasteiger partial charge is 0.398 e. The molecule has 0 heterocycles. The minimum Gasteiger partial charge on any atom is -0.398 e. The van der Waals surface area contributed by atoms with Crippen molar-refractivity contribution in [1.82, 2.24) is 5.43 Å². The first-order valence-corrected chi connectivity index (χ1v) is 7.43. The minimum absolute atomic E-state index is 0.335. The van der Waals surface area contributed by atoms with Gasteiger partial charge in [-0.25, -0.2) is 5.43 Å². The molecule has 0 aliphatic carbocycles. The Morgan fingerprint density at radius 2 is 2.00 bits per heavy atom. The summed E-state index contributed by atoms with van der Waals surface area (Å²) >= 11 is 3.51. The molecule has 0 aliphatic heterocycles. The Hall–Kier alpha value is -2.34. The van der Waals surface area contributed by atoms with Crippen LogP contribution in [0.5, 0.6) is 0 Å². The number of carbonyl (C=O) groups excluding carboxylic acids is 1. The maximum Gasteiger partial charge on any atom is 0.273 e. The lowest BCUT2D eigenvalue weighted by molar-refractivity contribution is 0.0956. The van der Waals surface area contributed by atoms with E-state index in [9.17, 15) is 4.79 Å². The fourth-order valence-electron chi connectivity index (χ4n) is 1.90. The number of benzene rings is 2. The molecule has 0 atom stereocenters. The molecule has 3 N–H and O–H groups in total. The minimum atomic E-state index is -0.335. The average molecular weight is 361 g/mol. The third-order valence-corrected chi connectivity index (χ3v) is 3.67. The zero-order chi connectivity index (χ0) is 16.1. The Morgan fingerprint density at radius 1 is 1.27 bits per heavy atom. The van der Waals surface area contributed by atoms with Gasteiger partial charge < -0.3 is 10.6 Å². The van der Waals surface area contributed by atoms with Crippen molar-refractivity contribution in [1.29, 1.82) is 0 Å². The molecule has 0 radical (unpaired) electrons. The van der Waals surface area contributed by atoms with Gasteiger partial charge in [-0.05, 0) is 45.8 Å². The van der Waals surface area contributed by atoms with Crippen molar-refractivity contribution < 1.29 is 4.79 Å². The number of hydrazone groups is 1. The summed E-state index contributed by atoms with van der Waals surface area (Å²) in [6.07, 6.45) is 1.58. The van der Waals surface area contributed by atoms with Crippen molar-refractivity contribution in [2.45, 2.75) is 0 Å². The van der Waals surface area contributed by atoms with Gasteiger partial charge in [-0.2, -0.15) is 5.10 Å². The lowest BCUT2D eigenvalue weighted by Gasteiger charge is -2.14. The normalized spacial score (nSPS) is 10.7. The lowest BCUT2D eigenvalue weighted by atomic mass is 10.2. The number of amides is 1. The van der Waals surface area contributed by atoms with E-state index in [1.807, 2.05) is 37.2 Å². The highest BCUT2D eigenvalue weighted by Crippen LogP contribution is 2.25. The number of nitrogens with one attached hydrogen (secondary N) is 1. The highest BCUT2D eigenvalue weighted by atomic mass is 79.9. The van der Waals surface area contributed by atoms with Crippen LogP contribution in [0.2, 0.25) is 0 Å². The number of nitrogen functional groups attached to an aromatic ring is 1. The first kappa shape index (κ1) is 16.0. The maximum absolute atomic E-state index is 11.9. The summed E-state index contributed by atoms with van der Waals surface area (Å²) in [7, 11) is 3.94. The van der Waals surface area contributed by atoms with E-state index >= 15 is 0 Å². The van der Waals surface area contributed by atoms with Gasteiger partial charge in [0, 0.05) is 24.3 Å². The van der Waals surface area contributed by atoms with Gasteiger partial charge in [-0.1, -0.05) is 18.2 Å². The summed E-state index contributed by atoms with van der Waals surface area (Å²) in [6.45, 7) is 0. The zero-order valence-corrected chi connectivity index (χ0v) is 14.0. The van der Waals surface area contributed by atoms with Crippen LogP contribution < -0.4 is 16.1 Å². The van der Waals surface area contributed by atoms with Crippen molar-refractivity contribution in [3.63, 3.8) is 0 Å². The average Bonchev–Trinajstić information content (AvgIpc) is 2.47. The van der Waals surface area contributed by atoms with Crippen LogP contribution in [0.4, 0.5) is 11.4 Å². The number of rotatable bonds is 4. The van der Waals surface area contributed by atoms with Crippen molar-refractivity contribution in [3.8, 4) is 0 Å². The molecule has 2 rings (SSSR count). The molecule has 0 unspecified atom stereocenters. The number of halogens is 1. The molecule has 0 fully saturated rings. The summed E-state index contributed by atoms with van der Waals surface area (Å²) in [6, 6.07) is 12.7. The molecular formula is C16H17BrN4O. The Labute approximate surface area is 137 Å². The molecule has 2 aromatic rings. The molecule has 0 aromatic heterocycles. The van der Waals surface area contributed by atoms with Gasteiger partial charge in [0.05, 0.1) is 17.5 Å². The summed E-state index contributed by atoms with van der Waals surface area (Å²) in [5, 5.41) is 3.96. The second-order valence-electron chi connectivity index (χ2n) is 4.89. The lowest BCUT2D eigenvalue weighted by Crippen LogP contribution is -2.19. The van der Waals surface area contributed by atoms with Crippen LogP contribution in [0, 0.1) is 0 Å². The topological polar surface area (TPSA) is 70.7 Å². The molecule has 1 amide bonds. The first-order valence-electron chi connectivity index (χ1n) is 6.64. The number of hydrogen-bond donors (Lipinski definition) is 2. The molecule has 5 nitrogen and oxygen atoms in total. The van der Waals surface area contributed by atoms with Crippen LogP contribution in [0.3, 0.4) is 0 Å². The van der Waals surface area contributed by atoms with E-state index in [2.05, 4.69) is 26.5 Å². The van der Waals surface area contributed by atoms with Crippen LogP contribution in [0.15, 0.2) is 52.0 Å². The highest BCUT2D eigenvalue weighted by molar-refractivity contribution is 9.10. The fraction of sp³-hybridized carbons (Fsp3) is 0.125.